The third-order valence-electron chi connectivity index (χ3n) is 9.79. The SMILES string of the molecule is COC(=O)Nc1ccc(-c2cnc(C3C(C4CC4)CC(N4CCC(N)CC4)CN3C(=O)C=Cc3cc(Cl)ccc3-n3cnnn3)[nH]2)cc1. The van der Waals surface area contributed by atoms with E-state index in [1.54, 1.807) is 29.0 Å². The molecule has 13 nitrogen and oxygen atoms in total. The van der Waals surface area contributed by atoms with Crippen LogP contribution in [0.25, 0.3) is 23.0 Å². The molecule has 4 heterocycles. The molecule has 3 fully saturated rings. The lowest BCUT2D eigenvalue weighted by Crippen LogP contribution is -2.56. The van der Waals surface area contributed by atoms with Gasteiger partial charge in [-0.15, -0.1) is 5.10 Å². The Balaban J connectivity index is 1.20. The number of rotatable bonds is 8. The Bertz CT molecular complexity index is 1760. The summed E-state index contributed by atoms with van der Waals surface area (Å²) in [4.78, 5) is 39.0. The van der Waals surface area contributed by atoms with E-state index in [1.807, 2.05) is 41.4 Å². The smallest absolute Gasteiger partial charge is 0.411 e. The molecule has 4 aromatic rings. The Kier molecular flexibility index (Phi) is 9.24. The zero-order chi connectivity index (χ0) is 33.2. The molecule has 2 amide bonds. The summed E-state index contributed by atoms with van der Waals surface area (Å²) in [5, 5.41) is 14.8. The van der Waals surface area contributed by atoms with Crippen LogP contribution < -0.4 is 11.1 Å². The molecule has 0 radical (unpaired) electrons. The topological polar surface area (TPSA) is 160 Å². The number of halogens is 1. The van der Waals surface area contributed by atoms with Crippen molar-refractivity contribution in [2.75, 3.05) is 32.1 Å². The van der Waals surface area contributed by atoms with Crippen LogP contribution in [-0.2, 0) is 9.53 Å². The molecule has 4 N–H and O–H groups in total. The highest BCUT2D eigenvalue weighted by molar-refractivity contribution is 6.30. The Hall–Kier alpha value is -4.59. The number of aromatic amines is 1. The van der Waals surface area contributed by atoms with E-state index in [0.717, 1.165) is 67.8 Å². The van der Waals surface area contributed by atoms with Crippen LogP contribution in [0.1, 0.15) is 49.5 Å². The second-order valence-corrected chi connectivity index (χ2v) is 13.3. The minimum absolute atomic E-state index is 0.0945. The summed E-state index contributed by atoms with van der Waals surface area (Å²) in [5.41, 5.74) is 10.1. The fourth-order valence-corrected chi connectivity index (χ4v) is 7.30. The van der Waals surface area contributed by atoms with Crippen molar-refractivity contribution in [3.8, 4) is 16.9 Å². The van der Waals surface area contributed by atoms with E-state index >= 15 is 0 Å². The minimum atomic E-state index is -0.526. The maximum atomic E-state index is 14.4. The average molecular weight is 671 g/mol. The number of imidazole rings is 1. The summed E-state index contributed by atoms with van der Waals surface area (Å²) in [7, 11) is 1.33. The lowest BCUT2D eigenvalue weighted by Gasteiger charge is -2.48. The highest BCUT2D eigenvalue weighted by Crippen LogP contribution is 2.50. The number of amides is 2. The van der Waals surface area contributed by atoms with E-state index in [9.17, 15) is 9.59 Å². The fourth-order valence-electron chi connectivity index (χ4n) is 7.12. The van der Waals surface area contributed by atoms with Gasteiger partial charge in [-0.1, -0.05) is 23.7 Å². The molecule has 0 spiro atoms. The van der Waals surface area contributed by atoms with Gasteiger partial charge in [0.1, 0.15) is 12.2 Å². The highest BCUT2D eigenvalue weighted by Gasteiger charge is 2.48. The first-order valence-electron chi connectivity index (χ1n) is 16.4. The van der Waals surface area contributed by atoms with Crippen molar-refractivity contribution < 1.29 is 14.3 Å². The summed E-state index contributed by atoms with van der Waals surface area (Å²) in [6, 6.07) is 13.1. The van der Waals surface area contributed by atoms with Crippen molar-refractivity contribution in [2.24, 2.45) is 17.6 Å². The van der Waals surface area contributed by atoms with Gasteiger partial charge in [0, 0.05) is 41.0 Å². The molecule has 2 aromatic carbocycles. The zero-order valence-electron chi connectivity index (χ0n) is 26.7. The standard InChI is InChI=1S/C34H39ClN10O3/c1-48-34(47)39-26-8-4-22(5-9-26)29-18-37-33(40-29)32-28(21-2-3-21)17-27(43-14-12-25(36)13-15-43)19-44(32)31(46)11-6-23-16-24(35)7-10-30(23)45-20-38-41-42-45/h4-11,16,18,20-21,25,27-28,32H,2-3,12-15,17,19,36H2,1H3,(H,37,40)(H,39,47). The van der Waals surface area contributed by atoms with E-state index in [4.69, 9.17) is 27.1 Å². The van der Waals surface area contributed by atoms with Crippen LogP contribution in [0.4, 0.5) is 10.5 Å². The summed E-state index contributed by atoms with van der Waals surface area (Å²) in [5.74, 6) is 1.46. The van der Waals surface area contributed by atoms with Crippen LogP contribution in [0.15, 0.2) is 61.1 Å². The van der Waals surface area contributed by atoms with E-state index < -0.39 is 6.09 Å². The van der Waals surface area contributed by atoms with Gasteiger partial charge in [0.05, 0.1) is 30.7 Å². The lowest BCUT2D eigenvalue weighted by molar-refractivity contribution is -0.134. The first kappa shape index (κ1) is 32.0. The molecule has 0 bridgehead atoms. The molecule has 2 saturated heterocycles. The number of ether oxygens (including phenoxy) is 1. The van der Waals surface area contributed by atoms with Crippen molar-refractivity contribution in [3.05, 3.63) is 77.5 Å². The summed E-state index contributed by atoms with van der Waals surface area (Å²) in [6.07, 6.45) is 11.4. The molecule has 7 rings (SSSR count). The molecule has 48 heavy (non-hydrogen) atoms. The third kappa shape index (κ3) is 6.98. The number of piperidine rings is 2. The molecular formula is C34H39ClN10O3. The van der Waals surface area contributed by atoms with Crippen molar-refractivity contribution >= 4 is 35.4 Å². The molecule has 1 aliphatic carbocycles. The number of nitrogens with zero attached hydrogens (tertiary/aromatic N) is 7. The first-order chi connectivity index (χ1) is 23.4. The molecule has 3 aliphatic rings. The number of carbonyl (C=O) groups excluding carboxylic acids is 2. The number of tetrazole rings is 1. The lowest BCUT2D eigenvalue weighted by atomic mass is 9.81. The second-order valence-electron chi connectivity index (χ2n) is 12.9. The third-order valence-corrected chi connectivity index (χ3v) is 10.0. The average Bonchev–Trinajstić information content (AvgIpc) is 3.58. The molecular weight excluding hydrogens is 632 g/mol. The van der Waals surface area contributed by atoms with Crippen LogP contribution in [0.3, 0.4) is 0 Å². The molecule has 3 atom stereocenters. The van der Waals surface area contributed by atoms with Gasteiger partial charge < -0.3 is 20.4 Å². The van der Waals surface area contributed by atoms with Crippen LogP contribution in [0, 0.1) is 11.8 Å². The minimum Gasteiger partial charge on any atom is -0.453 e. The predicted molar refractivity (Wildman–Crippen MR) is 181 cm³/mol. The monoisotopic (exact) mass is 670 g/mol. The van der Waals surface area contributed by atoms with Crippen molar-refractivity contribution in [3.63, 3.8) is 0 Å². The molecule has 250 valence electrons. The zero-order valence-corrected chi connectivity index (χ0v) is 27.5. The first-order valence-corrected chi connectivity index (χ1v) is 16.8. The maximum Gasteiger partial charge on any atom is 0.411 e. The quantitative estimate of drug-likeness (QED) is 0.226. The van der Waals surface area contributed by atoms with Crippen molar-refractivity contribution in [1.82, 2.24) is 40.0 Å². The summed E-state index contributed by atoms with van der Waals surface area (Å²) >= 11 is 6.37. The van der Waals surface area contributed by atoms with Crippen LogP contribution in [0.2, 0.25) is 5.02 Å². The largest absolute Gasteiger partial charge is 0.453 e. The van der Waals surface area contributed by atoms with Crippen LogP contribution >= 0.6 is 11.6 Å². The number of aromatic nitrogens is 6. The Labute approximate surface area is 283 Å². The molecule has 3 unspecified atom stereocenters. The van der Waals surface area contributed by atoms with Gasteiger partial charge >= 0.3 is 6.09 Å². The van der Waals surface area contributed by atoms with Gasteiger partial charge in [-0.2, -0.15) is 4.68 Å². The number of nitrogens with two attached hydrogens (primary N) is 1. The highest BCUT2D eigenvalue weighted by atomic mass is 35.5. The second kappa shape index (κ2) is 13.9. The number of methoxy groups -OCH3 is 1. The van der Waals surface area contributed by atoms with Crippen molar-refractivity contribution in [1.29, 1.82) is 0 Å². The number of H-pyrrole nitrogens is 1. The normalized spacial score (nSPS) is 22.2. The predicted octanol–water partition coefficient (Wildman–Crippen LogP) is 4.69. The number of anilines is 1. The molecule has 14 heteroatoms. The van der Waals surface area contributed by atoms with Gasteiger partial charge in [0.2, 0.25) is 5.91 Å². The fraction of sp³-hybridized carbons (Fsp3) is 0.412. The van der Waals surface area contributed by atoms with Gasteiger partial charge in [-0.3, -0.25) is 15.0 Å². The van der Waals surface area contributed by atoms with E-state index in [1.165, 1.54) is 13.4 Å². The Morgan fingerprint density at radius 2 is 1.90 bits per heavy atom. The van der Waals surface area contributed by atoms with E-state index in [-0.39, 0.29) is 30.0 Å². The number of carbonyl (C=O) groups is 2. The van der Waals surface area contributed by atoms with Crippen LogP contribution in [-0.4, -0.2) is 90.8 Å². The van der Waals surface area contributed by atoms with Crippen LogP contribution in [0.5, 0.6) is 0 Å². The van der Waals surface area contributed by atoms with Gasteiger partial charge in [0.15, 0.2) is 0 Å². The summed E-state index contributed by atoms with van der Waals surface area (Å²) < 4.78 is 6.25. The summed E-state index contributed by atoms with van der Waals surface area (Å²) in [6.45, 7) is 2.47. The van der Waals surface area contributed by atoms with E-state index in [2.05, 4.69) is 30.7 Å². The molecule has 2 aliphatic heterocycles. The Morgan fingerprint density at radius 1 is 1.10 bits per heavy atom. The van der Waals surface area contributed by atoms with Gasteiger partial charge in [-0.25, -0.2) is 9.78 Å². The van der Waals surface area contributed by atoms with Gasteiger partial charge in [0.25, 0.3) is 0 Å². The van der Waals surface area contributed by atoms with E-state index in [0.29, 0.717) is 28.9 Å². The van der Waals surface area contributed by atoms with Gasteiger partial charge in [-0.05, 0) is 109 Å². The number of hydrogen-bond donors (Lipinski definition) is 3. The number of nitrogens with one attached hydrogen (secondary N) is 2. The Morgan fingerprint density at radius 3 is 2.60 bits per heavy atom. The molecule has 2 aromatic heterocycles. The number of likely N-dealkylation sites (tertiary alicyclic amines) is 2. The number of hydrogen-bond acceptors (Lipinski definition) is 9. The molecule has 1 saturated carbocycles. The van der Waals surface area contributed by atoms with Crippen molar-refractivity contribution in [2.45, 2.75) is 50.2 Å². The maximum absolute atomic E-state index is 14.4. The number of benzene rings is 2.